The molecular weight excluding hydrogens is 234 g/mol. The van der Waals surface area contributed by atoms with Crippen molar-refractivity contribution in [3.05, 3.63) is 0 Å². The number of hydrogen-bond donors (Lipinski definition) is 3. The van der Waals surface area contributed by atoms with E-state index in [4.69, 9.17) is 5.11 Å². The first-order valence-corrected chi connectivity index (χ1v) is 6.59. The minimum absolute atomic E-state index is 0.381. The summed E-state index contributed by atoms with van der Waals surface area (Å²) < 4.78 is 0. The molecule has 0 unspecified atom stereocenters. The maximum atomic E-state index is 11.5. The first-order valence-electron chi connectivity index (χ1n) is 6.59. The van der Waals surface area contributed by atoms with Gasteiger partial charge in [0.05, 0.1) is 0 Å². The lowest BCUT2D eigenvalue weighted by atomic mass is 10.2. The van der Waals surface area contributed by atoms with Crippen LogP contribution in [0.5, 0.6) is 0 Å². The van der Waals surface area contributed by atoms with Gasteiger partial charge in [0.1, 0.15) is 6.04 Å². The maximum absolute atomic E-state index is 11.5. The number of nitrogens with one attached hydrogen (secondary N) is 2. The first kappa shape index (κ1) is 14.8. The topological polar surface area (TPSA) is 81.7 Å². The first-order chi connectivity index (χ1) is 8.58. The highest BCUT2D eigenvalue weighted by molar-refractivity contribution is 5.82. The molecule has 1 aliphatic rings. The largest absolute Gasteiger partial charge is 0.480 e. The summed E-state index contributed by atoms with van der Waals surface area (Å²) in [6.07, 6.45) is 2.87. The Morgan fingerprint density at radius 1 is 1.39 bits per heavy atom. The molecule has 1 atom stereocenters. The molecular formula is C12H23N3O3. The third-order valence-electron chi connectivity index (χ3n) is 3.17. The van der Waals surface area contributed by atoms with Gasteiger partial charge in [-0.05, 0) is 25.8 Å². The maximum Gasteiger partial charge on any atom is 0.326 e. The monoisotopic (exact) mass is 257 g/mol. The molecule has 6 heteroatoms. The Morgan fingerprint density at radius 3 is 2.50 bits per heavy atom. The minimum Gasteiger partial charge on any atom is -0.480 e. The van der Waals surface area contributed by atoms with Crippen LogP contribution in [-0.4, -0.2) is 53.7 Å². The van der Waals surface area contributed by atoms with Crippen LogP contribution in [0, 0.1) is 0 Å². The number of aliphatic carboxylic acids is 1. The third kappa shape index (κ3) is 4.91. The Kier molecular flexibility index (Phi) is 5.91. The average molecular weight is 257 g/mol. The average Bonchev–Trinajstić information content (AvgIpc) is 3.15. The van der Waals surface area contributed by atoms with Gasteiger partial charge in [0.2, 0.25) is 0 Å². The molecule has 104 valence electrons. The molecule has 18 heavy (non-hydrogen) atoms. The summed E-state index contributed by atoms with van der Waals surface area (Å²) in [7, 11) is 0. The molecule has 0 aromatic rings. The Bertz CT molecular complexity index is 292. The molecule has 2 amide bonds. The fraction of sp³-hybridized carbons (Fsp3) is 0.833. The van der Waals surface area contributed by atoms with Gasteiger partial charge < -0.3 is 15.7 Å². The number of carboxylic acids is 1. The zero-order valence-corrected chi connectivity index (χ0v) is 11.1. The minimum atomic E-state index is -0.999. The highest BCUT2D eigenvalue weighted by Crippen LogP contribution is 2.25. The summed E-state index contributed by atoms with van der Waals surface area (Å²) in [6, 6.07) is -0.533. The van der Waals surface area contributed by atoms with Crippen molar-refractivity contribution < 1.29 is 14.7 Å². The SMILES string of the molecule is CC[C@@H](NC(=O)NCCN(CC)C1CC1)C(=O)O. The van der Waals surface area contributed by atoms with Gasteiger partial charge in [-0.1, -0.05) is 13.8 Å². The normalized spacial score (nSPS) is 16.4. The number of likely N-dealkylation sites (N-methyl/N-ethyl adjacent to an activating group) is 1. The van der Waals surface area contributed by atoms with Gasteiger partial charge in [-0.15, -0.1) is 0 Å². The van der Waals surface area contributed by atoms with Gasteiger partial charge >= 0.3 is 12.0 Å². The van der Waals surface area contributed by atoms with Crippen molar-refractivity contribution in [2.75, 3.05) is 19.6 Å². The lowest BCUT2D eigenvalue weighted by molar-refractivity contribution is -0.139. The van der Waals surface area contributed by atoms with Crippen LogP contribution >= 0.6 is 0 Å². The second kappa shape index (κ2) is 7.20. The molecule has 0 heterocycles. The van der Waals surface area contributed by atoms with Crippen LogP contribution in [0.25, 0.3) is 0 Å². The number of rotatable bonds is 8. The van der Waals surface area contributed by atoms with E-state index in [1.54, 1.807) is 6.92 Å². The number of carboxylic acid groups (broad SMARTS) is 1. The number of carbonyl (C=O) groups excluding carboxylic acids is 1. The Labute approximate surface area is 108 Å². The van der Waals surface area contributed by atoms with Crippen LogP contribution in [0.2, 0.25) is 0 Å². The molecule has 0 aromatic heterocycles. The number of hydrogen-bond acceptors (Lipinski definition) is 3. The van der Waals surface area contributed by atoms with Crippen molar-refractivity contribution >= 4 is 12.0 Å². The Hall–Kier alpha value is -1.30. The summed E-state index contributed by atoms with van der Waals surface area (Å²) in [5, 5.41) is 13.9. The molecule has 0 radical (unpaired) electrons. The van der Waals surface area contributed by atoms with E-state index in [-0.39, 0.29) is 0 Å². The molecule has 0 aromatic carbocycles. The predicted molar refractivity (Wildman–Crippen MR) is 68.5 cm³/mol. The standard InChI is InChI=1S/C12H23N3O3/c1-3-10(11(16)17)14-12(18)13-7-8-15(4-2)9-5-6-9/h9-10H,3-8H2,1-2H3,(H,16,17)(H2,13,14,18)/t10-/m1/s1. The summed E-state index contributed by atoms with van der Waals surface area (Å²) in [4.78, 5) is 24.5. The summed E-state index contributed by atoms with van der Waals surface area (Å²) in [5.74, 6) is -0.999. The van der Waals surface area contributed by atoms with Gasteiger partial charge in [0, 0.05) is 19.1 Å². The van der Waals surface area contributed by atoms with Gasteiger partial charge in [-0.3, -0.25) is 4.90 Å². The number of nitrogens with zero attached hydrogens (tertiary/aromatic N) is 1. The van der Waals surface area contributed by atoms with E-state index in [1.807, 2.05) is 0 Å². The number of urea groups is 1. The van der Waals surface area contributed by atoms with E-state index in [0.29, 0.717) is 19.0 Å². The van der Waals surface area contributed by atoms with Crippen molar-refractivity contribution in [3.8, 4) is 0 Å². The third-order valence-corrected chi connectivity index (χ3v) is 3.17. The van der Waals surface area contributed by atoms with Crippen molar-refractivity contribution in [2.45, 2.75) is 45.2 Å². The molecule has 0 saturated heterocycles. The van der Waals surface area contributed by atoms with E-state index in [0.717, 1.165) is 13.1 Å². The van der Waals surface area contributed by atoms with E-state index >= 15 is 0 Å². The molecule has 6 nitrogen and oxygen atoms in total. The Balaban J connectivity index is 2.17. The van der Waals surface area contributed by atoms with E-state index in [2.05, 4.69) is 22.5 Å². The van der Waals surface area contributed by atoms with E-state index in [9.17, 15) is 9.59 Å². The lowest BCUT2D eigenvalue weighted by Crippen LogP contribution is -2.47. The van der Waals surface area contributed by atoms with Crippen molar-refractivity contribution in [1.82, 2.24) is 15.5 Å². The molecule has 0 bridgehead atoms. The smallest absolute Gasteiger partial charge is 0.326 e. The van der Waals surface area contributed by atoms with Gasteiger partial charge in [-0.25, -0.2) is 9.59 Å². The quantitative estimate of drug-likeness (QED) is 0.596. The predicted octanol–water partition coefficient (Wildman–Crippen LogP) is 0.633. The van der Waals surface area contributed by atoms with Crippen molar-refractivity contribution in [3.63, 3.8) is 0 Å². The van der Waals surface area contributed by atoms with Crippen LogP contribution in [0.15, 0.2) is 0 Å². The van der Waals surface area contributed by atoms with Crippen LogP contribution in [0.4, 0.5) is 4.79 Å². The fourth-order valence-corrected chi connectivity index (χ4v) is 1.90. The number of amides is 2. The lowest BCUT2D eigenvalue weighted by Gasteiger charge is -2.20. The molecule has 1 fully saturated rings. The van der Waals surface area contributed by atoms with Gasteiger partial charge in [0.25, 0.3) is 0 Å². The Morgan fingerprint density at radius 2 is 2.06 bits per heavy atom. The molecule has 1 saturated carbocycles. The highest BCUT2D eigenvalue weighted by atomic mass is 16.4. The van der Waals surface area contributed by atoms with Crippen molar-refractivity contribution in [2.24, 2.45) is 0 Å². The summed E-state index contributed by atoms with van der Waals surface area (Å²) in [6.45, 7) is 6.19. The van der Waals surface area contributed by atoms with Crippen LogP contribution in [0.1, 0.15) is 33.1 Å². The van der Waals surface area contributed by atoms with Crippen LogP contribution in [0.3, 0.4) is 0 Å². The molecule has 0 aliphatic heterocycles. The molecule has 1 aliphatic carbocycles. The zero-order valence-electron chi connectivity index (χ0n) is 11.1. The van der Waals surface area contributed by atoms with E-state index in [1.165, 1.54) is 12.8 Å². The van der Waals surface area contributed by atoms with Crippen LogP contribution < -0.4 is 10.6 Å². The molecule has 3 N–H and O–H groups in total. The second-order valence-corrected chi connectivity index (χ2v) is 4.56. The van der Waals surface area contributed by atoms with Gasteiger partial charge in [-0.2, -0.15) is 0 Å². The van der Waals surface area contributed by atoms with E-state index < -0.39 is 18.0 Å². The second-order valence-electron chi connectivity index (χ2n) is 4.56. The zero-order chi connectivity index (χ0) is 13.5. The fourth-order valence-electron chi connectivity index (χ4n) is 1.90. The highest BCUT2D eigenvalue weighted by Gasteiger charge is 2.27. The summed E-state index contributed by atoms with van der Waals surface area (Å²) in [5.41, 5.74) is 0. The number of carbonyl (C=O) groups is 2. The van der Waals surface area contributed by atoms with Crippen molar-refractivity contribution in [1.29, 1.82) is 0 Å². The van der Waals surface area contributed by atoms with Crippen LogP contribution in [-0.2, 0) is 4.79 Å². The molecule has 0 spiro atoms. The summed E-state index contributed by atoms with van der Waals surface area (Å²) >= 11 is 0. The molecule has 1 rings (SSSR count). The van der Waals surface area contributed by atoms with Gasteiger partial charge in [0.15, 0.2) is 0 Å².